The van der Waals surface area contributed by atoms with Crippen LogP contribution in [-0.4, -0.2) is 31.8 Å². The molecule has 7 heteroatoms. The van der Waals surface area contributed by atoms with Crippen molar-refractivity contribution < 1.29 is 4.79 Å². The lowest BCUT2D eigenvalue weighted by Gasteiger charge is -2.04. The smallest absolute Gasteiger partial charge is 0.226 e. The fourth-order valence-electron chi connectivity index (χ4n) is 3.35. The average Bonchev–Trinajstić information content (AvgIpc) is 3.04. The summed E-state index contributed by atoms with van der Waals surface area (Å²) in [5.74, 6) is 1.03. The molecule has 0 radical (unpaired) electrons. The van der Waals surface area contributed by atoms with E-state index in [-0.39, 0.29) is 5.91 Å². The molecule has 1 aliphatic rings. The van der Waals surface area contributed by atoms with Gasteiger partial charge in [0.25, 0.3) is 0 Å². The summed E-state index contributed by atoms with van der Waals surface area (Å²) in [6.45, 7) is 0. The van der Waals surface area contributed by atoms with Crippen LogP contribution in [0.25, 0.3) is 33.3 Å². The molecule has 0 atom stereocenters. The largest absolute Gasteiger partial charge is 0.311 e. The minimum absolute atomic E-state index is 0.0857. The first-order chi connectivity index (χ1) is 13.8. The molecule has 0 spiro atoms. The summed E-state index contributed by atoms with van der Waals surface area (Å²) >= 11 is 1.43. The van der Waals surface area contributed by atoms with Crippen LogP contribution in [0.3, 0.4) is 0 Å². The van der Waals surface area contributed by atoms with Crippen molar-refractivity contribution in [3.63, 3.8) is 0 Å². The Balaban J connectivity index is 1.30. The number of fused-ring (bicyclic) bond motifs is 3. The first kappa shape index (κ1) is 16.8. The van der Waals surface area contributed by atoms with Crippen molar-refractivity contribution in [1.29, 1.82) is 0 Å². The summed E-state index contributed by atoms with van der Waals surface area (Å²) in [6.07, 6.45) is 1.99. The van der Waals surface area contributed by atoms with Gasteiger partial charge in [0.1, 0.15) is 17.2 Å². The predicted octanol–water partition coefficient (Wildman–Crippen LogP) is 4.19. The summed E-state index contributed by atoms with van der Waals surface area (Å²) in [6, 6.07) is 17.8. The Labute approximate surface area is 165 Å². The van der Waals surface area contributed by atoms with Crippen molar-refractivity contribution in [1.82, 2.24) is 20.2 Å². The molecule has 4 aromatic rings. The van der Waals surface area contributed by atoms with Crippen LogP contribution in [0.4, 0.5) is 5.82 Å². The summed E-state index contributed by atoms with van der Waals surface area (Å²) in [5, 5.41) is 14.4. The highest BCUT2D eigenvalue weighted by Crippen LogP contribution is 2.44. The van der Waals surface area contributed by atoms with Crippen molar-refractivity contribution in [3.8, 4) is 22.5 Å². The van der Waals surface area contributed by atoms with Crippen LogP contribution < -0.4 is 5.32 Å². The second kappa shape index (κ2) is 7.01. The second-order valence-corrected chi connectivity index (χ2v) is 7.42. The van der Waals surface area contributed by atoms with Crippen LogP contribution in [0.2, 0.25) is 0 Å². The number of rotatable bonds is 5. The van der Waals surface area contributed by atoms with E-state index in [0.29, 0.717) is 23.1 Å². The number of nitrogens with one attached hydrogen (secondary N) is 1. The fourth-order valence-corrected chi connectivity index (χ4v) is 4.08. The van der Waals surface area contributed by atoms with E-state index in [9.17, 15) is 4.79 Å². The number of benzene rings is 2. The monoisotopic (exact) mass is 385 g/mol. The molecular formula is C21H15N5OS. The Kier molecular flexibility index (Phi) is 4.21. The third-order valence-electron chi connectivity index (χ3n) is 4.57. The molecule has 0 saturated carbocycles. The van der Waals surface area contributed by atoms with Crippen molar-refractivity contribution in [2.45, 2.75) is 11.6 Å². The van der Waals surface area contributed by atoms with Crippen molar-refractivity contribution >= 4 is 34.3 Å². The minimum atomic E-state index is -0.0857. The van der Waals surface area contributed by atoms with Gasteiger partial charge in [0, 0.05) is 34.9 Å². The van der Waals surface area contributed by atoms with Gasteiger partial charge in [-0.3, -0.25) is 4.79 Å². The lowest BCUT2D eigenvalue weighted by atomic mass is 10.0. The lowest BCUT2D eigenvalue weighted by Crippen LogP contribution is -2.13. The summed E-state index contributed by atoms with van der Waals surface area (Å²) in [7, 11) is 0. The SMILES string of the molecule is O=C(CCSc1nnc2c(n1)-c1cccc3cccc-2c13)Nc1ccccn1. The Hall–Kier alpha value is -3.32. The number of carbonyl (C=O) groups excluding carboxylic acids is 1. The number of aromatic nitrogens is 4. The van der Waals surface area contributed by atoms with Gasteiger partial charge in [0.05, 0.1) is 0 Å². The molecule has 1 aliphatic carbocycles. The number of anilines is 1. The number of hydrogen-bond acceptors (Lipinski definition) is 6. The van der Waals surface area contributed by atoms with E-state index in [1.165, 1.54) is 22.5 Å². The Morgan fingerprint density at radius 2 is 1.75 bits per heavy atom. The van der Waals surface area contributed by atoms with Gasteiger partial charge in [-0.15, -0.1) is 10.2 Å². The van der Waals surface area contributed by atoms with E-state index in [1.54, 1.807) is 12.3 Å². The van der Waals surface area contributed by atoms with E-state index >= 15 is 0 Å². The zero-order valence-electron chi connectivity index (χ0n) is 14.8. The number of hydrogen-bond donors (Lipinski definition) is 1. The third-order valence-corrected chi connectivity index (χ3v) is 5.41. The highest BCUT2D eigenvalue weighted by molar-refractivity contribution is 7.99. The molecular weight excluding hydrogens is 370 g/mol. The molecule has 2 aromatic heterocycles. The van der Waals surface area contributed by atoms with Crippen LogP contribution >= 0.6 is 11.8 Å². The third kappa shape index (κ3) is 2.99. The van der Waals surface area contributed by atoms with E-state index in [0.717, 1.165) is 22.5 Å². The van der Waals surface area contributed by atoms with E-state index in [2.05, 4.69) is 44.8 Å². The molecule has 6 nitrogen and oxygen atoms in total. The first-order valence-corrected chi connectivity index (χ1v) is 9.89. The molecule has 136 valence electrons. The van der Waals surface area contributed by atoms with E-state index in [4.69, 9.17) is 4.98 Å². The maximum Gasteiger partial charge on any atom is 0.226 e. The van der Waals surface area contributed by atoms with Gasteiger partial charge in [0.15, 0.2) is 0 Å². The summed E-state index contributed by atoms with van der Waals surface area (Å²) < 4.78 is 0. The Bertz CT molecular complexity index is 1190. The summed E-state index contributed by atoms with van der Waals surface area (Å²) in [5.41, 5.74) is 3.86. The second-order valence-electron chi connectivity index (χ2n) is 6.36. The highest BCUT2D eigenvalue weighted by Gasteiger charge is 2.24. The maximum absolute atomic E-state index is 12.0. The molecule has 0 aliphatic heterocycles. The maximum atomic E-state index is 12.0. The minimum Gasteiger partial charge on any atom is -0.311 e. The molecule has 0 fully saturated rings. The predicted molar refractivity (Wildman–Crippen MR) is 110 cm³/mol. The molecule has 1 N–H and O–H groups in total. The zero-order valence-corrected chi connectivity index (χ0v) is 15.6. The molecule has 2 aromatic carbocycles. The fraction of sp³-hybridized carbons (Fsp3) is 0.0952. The van der Waals surface area contributed by atoms with Gasteiger partial charge in [-0.1, -0.05) is 54.2 Å². The number of carbonyl (C=O) groups is 1. The summed E-state index contributed by atoms with van der Waals surface area (Å²) in [4.78, 5) is 20.9. The van der Waals surface area contributed by atoms with Crippen LogP contribution in [0.5, 0.6) is 0 Å². The molecule has 5 rings (SSSR count). The van der Waals surface area contributed by atoms with Gasteiger partial charge < -0.3 is 5.32 Å². The average molecular weight is 385 g/mol. The van der Waals surface area contributed by atoms with Gasteiger partial charge in [-0.25, -0.2) is 9.97 Å². The van der Waals surface area contributed by atoms with Gasteiger partial charge >= 0.3 is 0 Å². The molecule has 28 heavy (non-hydrogen) atoms. The molecule has 0 bridgehead atoms. The van der Waals surface area contributed by atoms with Gasteiger partial charge in [-0.05, 0) is 17.5 Å². The van der Waals surface area contributed by atoms with Crippen LogP contribution in [0.15, 0.2) is 66.0 Å². The standard InChI is InChI=1S/C21H15N5OS/c27-17(23-16-9-1-2-11-22-16)10-12-28-21-24-19-14-7-3-5-13-6-4-8-15(18(13)14)20(19)25-26-21/h1-9,11H,10,12H2,(H,22,23,27). The number of nitrogens with zero attached hydrogens (tertiary/aromatic N) is 4. The van der Waals surface area contributed by atoms with Gasteiger partial charge in [0.2, 0.25) is 11.1 Å². The normalized spacial score (nSPS) is 11.4. The molecule has 0 saturated heterocycles. The zero-order chi connectivity index (χ0) is 18.9. The van der Waals surface area contributed by atoms with E-state index in [1.807, 2.05) is 24.3 Å². The quantitative estimate of drug-likeness (QED) is 0.457. The van der Waals surface area contributed by atoms with E-state index < -0.39 is 0 Å². The van der Waals surface area contributed by atoms with Crippen LogP contribution in [0.1, 0.15) is 6.42 Å². The first-order valence-electron chi connectivity index (χ1n) is 8.90. The Morgan fingerprint density at radius 3 is 2.54 bits per heavy atom. The number of amides is 1. The topological polar surface area (TPSA) is 80.7 Å². The molecule has 0 unspecified atom stereocenters. The van der Waals surface area contributed by atoms with Crippen LogP contribution in [-0.2, 0) is 4.79 Å². The Morgan fingerprint density at radius 1 is 0.929 bits per heavy atom. The molecule has 1 amide bonds. The number of thioether (sulfide) groups is 1. The van der Waals surface area contributed by atoms with Crippen molar-refractivity contribution in [2.24, 2.45) is 0 Å². The van der Waals surface area contributed by atoms with Crippen molar-refractivity contribution in [3.05, 3.63) is 60.8 Å². The number of pyridine rings is 1. The molecule has 2 heterocycles. The highest BCUT2D eigenvalue weighted by atomic mass is 32.2. The van der Waals surface area contributed by atoms with Crippen LogP contribution in [0, 0.1) is 0 Å². The van der Waals surface area contributed by atoms with Gasteiger partial charge in [-0.2, -0.15) is 0 Å². The van der Waals surface area contributed by atoms with Crippen molar-refractivity contribution in [2.75, 3.05) is 11.1 Å². The lowest BCUT2D eigenvalue weighted by molar-refractivity contribution is -0.115.